The summed E-state index contributed by atoms with van der Waals surface area (Å²) in [7, 11) is 0. The van der Waals surface area contributed by atoms with Gasteiger partial charge in [-0.3, -0.25) is 4.99 Å². The Bertz CT molecular complexity index is 653. The number of aliphatic imine (C=N–C) groups is 1. The summed E-state index contributed by atoms with van der Waals surface area (Å²) in [5.41, 5.74) is 1.10. The summed E-state index contributed by atoms with van der Waals surface area (Å²) in [4.78, 5) is 5.73. The summed E-state index contributed by atoms with van der Waals surface area (Å²) in [6, 6.07) is 14.3. The van der Waals surface area contributed by atoms with Crippen LogP contribution in [0.4, 0.5) is 0 Å². The average molecular weight is 503 g/mol. The number of hydrogen-bond acceptors (Lipinski definition) is 4. The molecule has 0 aliphatic heterocycles. The highest BCUT2D eigenvalue weighted by Crippen LogP contribution is 2.18. The largest absolute Gasteiger partial charge is 0.389 e. The van der Waals surface area contributed by atoms with Crippen LogP contribution < -0.4 is 10.6 Å². The summed E-state index contributed by atoms with van der Waals surface area (Å²) < 4.78 is 5.76. The van der Waals surface area contributed by atoms with Crippen molar-refractivity contribution in [3.05, 3.63) is 58.3 Å². The smallest absolute Gasteiger partial charge is 0.191 e. The fourth-order valence-electron chi connectivity index (χ4n) is 2.46. The van der Waals surface area contributed by atoms with Gasteiger partial charge in [0.2, 0.25) is 0 Å². The topological polar surface area (TPSA) is 65.9 Å². The van der Waals surface area contributed by atoms with Gasteiger partial charge in [0.05, 0.1) is 31.4 Å². The van der Waals surface area contributed by atoms with Gasteiger partial charge < -0.3 is 20.5 Å². The number of benzene rings is 1. The highest BCUT2D eigenvalue weighted by Gasteiger charge is 2.11. The van der Waals surface area contributed by atoms with Crippen molar-refractivity contribution < 1.29 is 9.84 Å². The number of rotatable bonds is 9. The Balaban J connectivity index is 0.00000364. The molecule has 3 N–H and O–H groups in total. The first kappa shape index (κ1) is 23.9. The van der Waals surface area contributed by atoms with Gasteiger partial charge in [-0.15, -0.1) is 35.3 Å². The number of aliphatic hydroxyl groups is 1. The van der Waals surface area contributed by atoms with Crippen molar-refractivity contribution in [2.24, 2.45) is 4.99 Å². The van der Waals surface area contributed by atoms with E-state index in [2.05, 4.69) is 34.0 Å². The van der Waals surface area contributed by atoms with Crippen molar-refractivity contribution in [1.29, 1.82) is 0 Å². The van der Waals surface area contributed by atoms with Crippen LogP contribution in [0, 0.1) is 0 Å². The highest BCUT2D eigenvalue weighted by atomic mass is 127. The molecule has 0 aliphatic rings. The normalized spacial score (nSPS) is 14.7. The molecule has 3 unspecified atom stereocenters. The van der Waals surface area contributed by atoms with Gasteiger partial charge in [0.15, 0.2) is 5.96 Å². The predicted octanol–water partition coefficient (Wildman–Crippen LogP) is 4.12. The fraction of sp³-hybridized carbons (Fsp3) is 0.450. The molecule has 1 aromatic carbocycles. The first-order chi connectivity index (χ1) is 12.6. The SMILES string of the molecule is CCNC(=NCC(O)COC(C)c1ccccc1)NC(C)c1cccs1.I. The second-order valence-electron chi connectivity index (χ2n) is 6.14. The zero-order chi connectivity index (χ0) is 18.8. The first-order valence-electron chi connectivity index (χ1n) is 9.03. The third-order valence-electron chi connectivity index (χ3n) is 3.94. The number of ether oxygens (including phenoxy) is 1. The lowest BCUT2D eigenvalue weighted by atomic mass is 10.1. The lowest BCUT2D eigenvalue weighted by molar-refractivity contribution is 0.00111. The maximum atomic E-state index is 10.2. The molecule has 0 fully saturated rings. The number of thiophene rings is 1. The standard InChI is InChI=1S/C20H29N3O2S.HI/c1-4-21-20(23-15(2)19-11-8-12-26-19)22-13-18(24)14-25-16(3)17-9-6-5-7-10-17;/h5-12,15-16,18,24H,4,13-14H2,1-3H3,(H2,21,22,23);1H. The third-order valence-corrected chi connectivity index (χ3v) is 4.99. The van der Waals surface area contributed by atoms with Gasteiger partial charge in [0.1, 0.15) is 0 Å². The molecule has 0 aliphatic carbocycles. The number of aliphatic hydroxyl groups excluding tert-OH is 1. The predicted molar refractivity (Wildman–Crippen MR) is 124 cm³/mol. The Morgan fingerprint density at radius 1 is 1.19 bits per heavy atom. The van der Waals surface area contributed by atoms with Crippen LogP contribution in [0.2, 0.25) is 0 Å². The van der Waals surface area contributed by atoms with E-state index in [-0.39, 0.29) is 49.3 Å². The van der Waals surface area contributed by atoms with Crippen LogP contribution in [0.1, 0.15) is 43.4 Å². The second kappa shape index (κ2) is 13.1. The van der Waals surface area contributed by atoms with E-state index < -0.39 is 6.10 Å². The van der Waals surface area contributed by atoms with Crippen molar-refractivity contribution >= 4 is 41.3 Å². The third kappa shape index (κ3) is 8.59. The molecule has 0 radical (unpaired) electrons. The van der Waals surface area contributed by atoms with Crippen LogP contribution >= 0.6 is 35.3 Å². The fourth-order valence-corrected chi connectivity index (χ4v) is 3.19. The number of nitrogens with one attached hydrogen (secondary N) is 2. The molecule has 0 spiro atoms. The van der Waals surface area contributed by atoms with Gasteiger partial charge in [0, 0.05) is 11.4 Å². The number of guanidine groups is 1. The average Bonchev–Trinajstić information content (AvgIpc) is 3.20. The van der Waals surface area contributed by atoms with E-state index in [0.29, 0.717) is 5.96 Å². The summed E-state index contributed by atoms with van der Waals surface area (Å²) >= 11 is 1.71. The Labute approximate surface area is 183 Å². The van der Waals surface area contributed by atoms with E-state index >= 15 is 0 Å². The monoisotopic (exact) mass is 503 g/mol. The quantitative estimate of drug-likeness (QED) is 0.274. The Morgan fingerprint density at radius 3 is 2.56 bits per heavy atom. The highest BCUT2D eigenvalue weighted by molar-refractivity contribution is 14.0. The van der Waals surface area contributed by atoms with Gasteiger partial charge in [-0.25, -0.2) is 0 Å². The van der Waals surface area contributed by atoms with Crippen LogP contribution in [0.15, 0.2) is 52.8 Å². The summed E-state index contributed by atoms with van der Waals surface area (Å²) in [5, 5.41) is 18.8. The van der Waals surface area contributed by atoms with Crippen LogP contribution in [0.3, 0.4) is 0 Å². The number of halogens is 1. The minimum atomic E-state index is -0.645. The van der Waals surface area contributed by atoms with E-state index in [1.807, 2.05) is 50.2 Å². The number of hydrogen-bond donors (Lipinski definition) is 3. The Kier molecular flexibility index (Phi) is 11.6. The maximum Gasteiger partial charge on any atom is 0.191 e. The molecule has 2 aromatic rings. The molecule has 3 atom stereocenters. The molecule has 5 nitrogen and oxygen atoms in total. The molecular weight excluding hydrogens is 473 g/mol. The van der Waals surface area contributed by atoms with Gasteiger partial charge in [-0.1, -0.05) is 36.4 Å². The summed E-state index contributed by atoms with van der Waals surface area (Å²) in [5.74, 6) is 0.698. The number of nitrogens with zero attached hydrogens (tertiary/aromatic N) is 1. The molecule has 7 heteroatoms. The molecule has 0 bridgehead atoms. The Hall–Kier alpha value is -1.16. The molecule has 0 saturated heterocycles. The van der Waals surface area contributed by atoms with Crippen molar-refractivity contribution in [3.8, 4) is 0 Å². The van der Waals surface area contributed by atoms with Gasteiger partial charge in [-0.05, 0) is 37.8 Å². The lowest BCUT2D eigenvalue weighted by Crippen LogP contribution is -2.39. The minimum Gasteiger partial charge on any atom is -0.389 e. The first-order valence-corrected chi connectivity index (χ1v) is 9.91. The van der Waals surface area contributed by atoms with Gasteiger partial charge >= 0.3 is 0 Å². The van der Waals surface area contributed by atoms with Crippen molar-refractivity contribution in [2.75, 3.05) is 19.7 Å². The molecule has 2 rings (SSSR count). The second-order valence-corrected chi connectivity index (χ2v) is 7.12. The molecule has 27 heavy (non-hydrogen) atoms. The van der Waals surface area contributed by atoms with Gasteiger partial charge in [-0.2, -0.15) is 0 Å². The van der Waals surface area contributed by atoms with Crippen LogP contribution in [0.5, 0.6) is 0 Å². The molecular formula is C20H30IN3O2S. The van der Waals surface area contributed by atoms with Gasteiger partial charge in [0.25, 0.3) is 0 Å². The summed E-state index contributed by atoms with van der Waals surface area (Å²) in [6.45, 7) is 7.40. The lowest BCUT2D eigenvalue weighted by Gasteiger charge is -2.18. The van der Waals surface area contributed by atoms with Crippen molar-refractivity contribution in [3.63, 3.8) is 0 Å². The minimum absolute atomic E-state index is 0. The maximum absolute atomic E-state index is 10.2. The van der Waals surface area contributed by atoms with Crippen molar-refractivity contribution in [2.45, 2.75) is 39.0 Å². The molecule has 1 heterocycles. The zero-order valence-electron chi connectivity index (χ0n) is 16.1. The van der Waals surface area contributed by atoms with E-state index in [1.54, 1.807) is 11.3 Å². The van der Waals surface area contributed by atoms with Crippen LogP contribution in [-0.4, -0.2) is 36.9 Å². The van der Waals surface area contributed by atoms with E-state index in [9.17, 15) is 5.11 Å². The van der Waals surface area contributed by atoms with Crippen molar-refractivity contribution in [1.82, 2.24) is 10.6 Å². The van der Waals surface area contributed by atoms with Crippen LogP contribution in [-0.2, 0) is 4.74 Å². The molecule has 150 valence electrons. The summed E-state index contributed by atoms with van der Waals surface area (Å²) in [6.07, 6.45) is -0.700. The molecule has 0 amide bonds. The van der Waals surface area contributed by atoms with Crippen LogP contribution in [0.25, 0.3) is 0 Å². The van der Waals surface area contributed by atoms with E-state index in [0.717, 1.165) is 12.1 Å². The molecule has 1 aromatic heterocycles. The zero-order valence-corrected chi connectivity index (χ0v) is 19.2. The van der Waals surface area contributed by atoms with E-state index in [4.69, 9.17) is 4.74 Å². The van der Waals surface area contributed by atoms with E-state index in [1.165, 1.54) is 4.88 Å². The molecule has 0 saturated carbocycles. The Morgan fingerprint density at radius 2 is 1.93 bits per heavy atom.